The zero-order valence-electron chi connectivity index (χ0n) is 16.6. The molecule has 1 N–H and O–H groups in total. The van der Waals surface area contributed by atoms with E-state index in [2.05, 4.69) is 4.72 Å². The number of carbonyl (C=O) groups excluding carboxylic acids is 1. The van der Waals surface area contributed by atoms with Gasteiger partial charge in [-0.3, -0.25) is 4.79 Å². The van der Waals surface area contributed by atoms with Crippen molar-refractivity contribution in [1.82, 2.24) is 9.62 Å². The largest absolute Gasteiger partial charge is 0.494 e. The Labute approximate surface area is 165 Å². The van der Waals surface area contributed by atoms with Crippen LogP contribution < -0.4 is 9.46 Å². The molecule has 0 aliphatic carbocycles. The maximum Gasteiger partial charge on any atom is 0.253 e. The van der Waals surface area contributed by atoms with E-state index in [1.165, 1.54) is 42.3 Å². The molecular formula is C20H25FN2O4S. The maximum atomic E-state index is 13.8. The van der Waals surface area contributed by atoms with Gasteiger partial charge in [-0.15, -0.1) is 0 Å². The first kappa shape index (κ1) is 21.8. The summed E-state index contributed by atoms with van der Waals surface area (Å²) in [4.78, 5) is 14.1. The number of hydrogen-bond acceptors (Lipinski definition) is 4. The van der Waals surface area contributed by atoms with Gasteiger partial charge in [0.2, 0.25) is 10.0 Å². The van der Waals surface area contributed by atoms with E-state index in [1.54, 1.807) is 40.0 Å². The van der Waals surface area contributed by atoms with E-state index >= 15 is 0 Å². The lowest BCUT2D eigenvalue weighted by molar-refractivity contribution is 0.0784. The van der Waals surface area contributed by atoms with Gasteiger partial charge in [0.05, 0.1) is 12.0 Å². The van der Waals surface area contributed by atoms with Crippen LogP contribution in [0, 0.1) is 5.82 Å². The van der Waals surface area contributed by atoms with E-state index in [4.69, 9.17) is 4.74 Å². The second-order valence-electron chi connectivity index (χ2n) is 7.51. The lowest BCUT2D eigenvalue weighted by Crippen LogP contribution is -2.40. The normalized spacial score (nSPS) is 11.9. The summed E-state index contributed by atoms with van der Waals surface area (Å²) in [5.74, 6) is -0.756. The van der Waals surface area contributed by atoms with Crippen LogP contribution in [0.3, 0.4) is 0 Å². The van der Waals surface area contributed by atoms with Gasteiger partial charge < -0.3 is 9.64 Å². The van der Waals surface area contributed by atoms with Crippen molar-refractivity contribution in [2.45, 2.75) is 37.8 Å². The highest BCUT2D eigenvalue weighted by molar-refractivity contribution is 7.89. The third-order valence-corrected chi connectivity index (χ3v) is 5.57. The number of hydrogen-bond donors (Lipinski definition) is 1. The fourth-order valence-corrected chi connectivity index (χ4v) is 4.10. The summed E-state index contributed by atoms with van der Waals surface area (Å²) >= 11 is 0. The number of benzene rings is 2. The van der Waals surface area contributed by atoms with Gasteiger partial charge in [-0.2, -0.15) is 0 Å². The van der Waals surface area contributed by atoms with Crippen molar-refractivity contribution in [3.05, 3.63) is 59.4 Å². The topological polar surface area (TPSA) is 75.7 Å². The fourth-order valence-electron chi connectivity index (χ4n) is 2.63. The molecule has 0 fully saturated rings. The number of sulfonamides is 1. The molecular weight excluding hydrogens is 383 g/mol. The molecule has 0 aromatic heterocycles. The molecule has 1 amide bonds. The summed E-state index contributed by atoms with van der Waals surface area (Å²) in [5, 5.41) is 0. The highest BCUT2D eigenvalue weighted by Crippen LogP contribution is 2.20. The van der Waals surface area contributed by atoms with Gasteiger partial charge in [0, 0.05) is 24.7 Å². The molecule has 0 unspecified atom stereocenters. The Morgan fingerprint density at radius 3 is 2.43 bits per heavy atom. The van der Waals surface area contributed by atoms with Crippen LogP contribution in [0.15, 0.2) is 47.4 Å². The third kappa shape index (κ3) is 5.53. The van der Waals surface area contributed by atoms with Crippen LogP contribution in [0.5, 0.6) is 5.75 Å². The standard InChI is InChI=1S/C20H25FN2O4S/c1-20(2,3)22-28(25,26)16-8-6-7-15(12-16)19(24)23(4)13-14-9-10-18(27-5)17(21)11-14/h6-12,22H,13H2,1-5H3. The third-order valence-electron chi connectivity index (χ3n) is 3.81. The van der Waals surface area contributed by atoms with Crippen molar-refractivity contribution in [2.24, 2.45) is 0 Å². The number of rotatable bonds is 6. The van der Waals surface area contributed by atoms with E-state index in [-0.39, 0.29) is 28.7 Å². The number of halogens is 1. The van der Waals surface area contributed by atoms with Gasteiger partial charge in [-0.05, 0) is 56.7 Å². The molecule has 8 heteroatoms. The van der Waals surface area contributed by atoms with Crippen molar-refractivity contribution in [1.29, 1.82) is 0 Å². The molecule has 2 aromatic rings. The van der Waals surface area contributed by atoms with Gasteiger partial charge >= 0.3 is 0 Å². The number of amides is 1. The molecule has 0 heterocycles. The molecule has 2 rings (SSSR count). The van der Waals surface area contributed by atoms with Crippen LogP contribution in [0.4, 0.5) is 4.39 Å². The number of nitrogens with zero attached hydrogens (tertiary/aromatic N) is 1. The predicted octanol–water partition coefficient (Wildman–Crippen LogP) is 3.18. The lowest BCUT2D eigenvalue weighted by atomic mass is 10.1. The van der Waals surface area contributed by atoms with Crippen LogP contribution in [-0.2, 0) is 16.6 Å². The van der Waals surface area contributed by atoms with Crippen molar-refractivity contribution < 1.29 is 22.3 Å². The molecule has 0 spiro atoms. The second kappa shape index (κ2) is 8.28. The van der Waals surface area contributed by atoms with Crippen LogP contribution in [0.25, 0.3) is 0 Å². The van der Waals surface area contributed by atoms with E-state index in [0.717, 1.165) is 0 Å². The lowest BCUT2D eigenvalue weighted by Gasteiger charge is -2.21. The Kier molecular flexibility index (Phi) is 6.46. The van der Waals surface area contributed by atoms with Crippen LogP contribution >= 0.6 is 0 Å². The molecule has 28 heavy (non-hydrogen) atoms. The molecule has 0 saturated carbocycles. The Balaban J connectivity index is 2.21. The van der Waals surface area contributed by atoms with Crippen molar-refractivity contribution >= 4 is 15.9 Å². The van der Waals surface area contributed by atoms with E-state index in [9.17, 15) is 17.6 Å². The Morgan fingerprint density at radius 1 is 1.18 bits per heavy atom. The smallest absolute Gasteiger partial charge is 0.253 e. The first-order valence-corrected chi connectivity index (χ1v) is 10.1. The van der Waals surface area contributed by atoms with Crippen molar-refractivity contribution in [3.63, 3.8) is 0 Å². The number of ether oxygens (including phenoxy) is 1. The Bertz CT molecular complexity index is 968. The summed E-state index contributed by atoms with van der Waals surface area (Å²) in [6.45, 7) is 5.38. The van der Waals surface area contributed by atoms with Gasteiger partial charge in [0.25, 0.3) is 5.91 Å². The molecule has 0 aliphatic heterocycles. The minimum atomic E-state index is -3.76. The molecule has 0 saturated heterocycles. The van der Waals surface area contributed by atoms with Crippen molar-refractivity contribution in [3.8, 4) is 5.75 Å². The minimum absolute atomic E-state index is 0.0113. The Hall–Kier alpha value is -2.45. The average molecular weight is 408 g/mol. The average Bonchev–Trinajstić information content (AvgIpc) is 2.59. The summed E-state index contributed by atoms with van der Waals surface area (Å²) in [6.07, 6.45) is 0. The molecule has 0 radical (unpaired) electrons. The summed E-state index contributed by atoms with van der Waals surface area (Å²) in [6, 6.07) is 10.3. The van der Waals surface area contributed by atoms with Crippen molar-refractivity contribution in [2.75, 3.05) is 14.2 Å². The first-order valence-electron chi connectivity index (χ1n) is 8.65. The molecule has 6 nitrogen and oxygen atoms in total. The minimum Gasteiger partial charge on any atom is -0.494 e. The maximum absolute atomic E-state index is 13.8. The van der Waals surface area contributed by atoms with E-state index in [0.29, 0.717) is 5.56 Å². The Morgan fingerprint density at radius 2 is 1.86 bits per heavy atom. The number of carbonyl (C=O) groups is 1. The summed E-state index contributed by atoms with van der Waals surface area (Å²) in [5.41, 5.74) is 0.175. The number of methoxy groups -OCH3 is 1. The van der Waals surface area contributed by atoms with E-state index < -0.39 is 21.4 Å². The van der Waals surface area contributed by atoms with Crippen LogP contribution in [0.2, 0.25) is 0 Å². The van der Waals surface area contributed by atoms with Crippen LogP contribution in [-0.4, -0.2) is 38.9 Å². The van der Waals surface area contributed by atoms with Gasteiger partial charge in [0.1, 0.15) is 0 Å². The van der Waals surface area contributed by atoms with Gasteiger partial charge in [0.15, 0.2) is 11.6 Å². The first-order chi connectivity index (χ1) is 12.9. The van der Waals surface area contributed by atoms with Crippen LogP contribution in [0.1, 0.15) is 36.7 Å². The summed E-state index contributed by atoms with van der Waals surface area (Å²) in [7, 11) is -0.809. The second-order valence-corrected chi connectivity index (χ2v) is 9.20. The molecule has 2 aromatic carbocycles. The highest BCUT2D eigenvalue weighted by atomic mass is 32.2. The molecule has 0 bridgehead atoms. The molecule has 0 atom stereocenters. The predicted molar refractivity (Wildman–Crippen MR) is 105 cm³/mol. The zero-order valence-corrected chi connectivity index (χ0v) is 17.4. The highest BCUT2D eigenvalue weighted by Gasteiger charge is 2.23. The molecule has 152 valence electrons. The SMILES string of the molecule is COc1ccc(CN(C)C(=O)c2cccc(S(=O)(=O)NC(C)(C)C)c2)cc1F. The summed E-state index contributed by atoms with van der Waals surface area (Å²) < 4.78 is 46.3. The fraction of sp³-hybridized carbons (Fsp3) is 0.350. The van der Waals surface area contributed by atoms with E-state index in [1.807, 2.05) is 0 Å². The van der Waals surface area contributed by atoms with Gasteiger partial charge in [-0.25, -0.2) is 17.5 Å². The monoisotopic (exact) mass is 408 g/mol. The quantitative estimate of drug-likeness (QED) is 0.797. The zero-order chi connectivity index (χ0) is 21.1. The number of nitrogens with one attached hydrogen (secondary N) is 1. The van der Waals surface area contributed by atoms with Gasteiger partial charge in [-0.1, -0.05) is 12.1 Å². The molecule has 0 aliphatic rings.